The van der Waals surface area contributed by atoms with Gasteiger partial charge in [-0.15, -0.1) is 0 Å². The van der Waals surface area contributed by atoms with Crippen LogP contribution in [0.1, 0.15) is 32.0 Å². The van der Waals surface area contributed by atoms with Crippen LogP contribution in [0.2, 0.25) is 0 Å². The van der Waals surface area contributed by atoms with Crippen molar-refractivity contribution in [1.82, 2.24) is 9.97 Å². The molecule has 2 N–H and O–H groups in total. The average molecular weight is 481 g/mol. The van der Waals surface area contributed by atoms with Gasteiger partial charge in [-0.25, -0.2) is 15.0 Å². The second-order valence-corrected chi connectivity index (χ2v) is 10.1. The summed E-state index contributed by atoms with van der Waals surface area (Å²) in [5, 5.41) is 0. The van der Waals surface area contributed by atoms with Crippen LogP contribution in [0.25, 0.3) is 44.8 Å². The summed E-state index contributed by atoms with van der Waals surface area (Å²) in [6.07, 6.45) is 0. The smallest absolute Gasteiger partial charge is 0.154 e. The van der Waals surface area contributed by atoms with Crippen molar-refractivity contribution < 1.29 is 0 Å². The topological polar surface area (TPSA) is 64.2 Å². The number of fused-ring (bicyclic) bond motifs is 3. The lowest BCUT2D eigenvalue weighted by Gasteiger charge is -2.21. The number of pyridine rings is 2. The van der Waals surface area contributed by atoms with E-state index in [1.807, 2.05) is 18.2 Å². The number of hydrogen-bond acceptors (Lipinski definition) is 3. The number of amidine groups is 1. The van der Waals surface area contributed by atoms with Crippen LogP contribution < -0.4 is 5.73 Å². The van der Waals surface area contributed by atoms with Gasteiger partial charge < -0.3 is 5.73 Å². The van der Waals surface area contributed by atoms with Crippen molar-refractivity contribution in [2.75, 3.05) is 0 Å². The Hall–Kier alpha value is -4.57. The number of nitrogens with two attached hydrogens (primary N) is 1. The number of hydrogen-bond donors (Lipinski definition) is 1. The minimum Gasteiger partial charge on any atom is -0.387 e. The number of rotatable bonds is 4. The van der Waals surface area contributed by atoms with Gasteiger partial charge in [0.15, 0.2) is 5.82 Å². The summed E-state index contributed by atoms with van der Waals surface area (Å²) in [4.78, 5) is 14.3. The van der Waals surface area contributed by atoms with Crippen molar-refractivity contribution in [3.8, 4) is 44.8 Å². The Labute approximate surface area is 217 Å². The molecule has 0 amide bonds. The van der Waals surface area contributed by atoms with E-state index in [2.05, 4.69) is 104 Å². The highest BCUT2D eigenvalue weighted by Gasteiger charge is 2.37. The van der Waals surface area contributed by atoms with Gasteiger partial charge in [0.2, 0.25) is 0 Å². The summed E-state index contributed by atoms with van der Waals surface area (Å²) in [5.41, 5.74) is 16.7. The summed E-state index contributed by atoms with van der Waals surface area (Å²) in [7, 11) is 0. The number of aliphatic imine (C=N–C) groups is 1. The average Bonchev–Trinajstić information content (AvgIpc) is 3.15. The van der Waals surface area contributed by atoms with Gasteiger partial charge in [-0.1, -0.05) is 86.6 Å². The van der Waals surface area contributed by atoms with E-state index >= 15 is 0 Å². The monoisotopic (exact) mass is 480 g/mol. The Balaban J connectivity index is 1.50. The summed E-state index contributed by atoms with van der Waals surface area (Å²) in [6, 6.07) is 35.9. The first-order chi connectivity index (χ1) is 17.9. The summed E-state index contributed by atoms with van der Waals surface area (Å²) < 4.78 is 0. The molecule has 0 bridgehead atoms. The zero-order valence-corrected chi connectivity index (χ0v) is 21.2. The van der Waals surface area contributed by atoms with E-state index in [0.717, 1.165) is 44.9 Å². The van der Waals surface area contributed by atoms with Crippen molar-refractivity contribution in [3.63, 3.8) is 0 Å². The molecule has 0 unspecified atom stereocenters. The van der Waals surface area contributed by atoms with E-state index in [1.54, 1.807) is 6.92 Å². The maximum Gasteiger partial charge on any atom is 0.154 e. The van der Waals surface area contributed by atoms with Crippen LogP contribution >= 0.6 is 0 Å². The molecule has 2 heterocycles. The minimum atomic E-state index is -0.258. The molecule has 3 aromatic carbocycles. The zero-order chi connectivity index (χ0) is 25.6. The summed E-state index contributed by atoms with van der Waals surface area (Å²) in [6.45, 7) is 6.24. The molecule has 6 rings (SSSR count). The fourth-order valence-corrected chi connectivity index (χ4v) is 5.20. The van der Waals surface area contributed by atoms with Crippen LogP contribution in [0.5, 0.6) is 0 Å². The first kappa shape index (κ1) is 22.9. The van der Waals surface area contributed by atoms with Gasteiger partial charge >= 0.3 is 0 Å². The quantitative estimate of drug-likeness (QED) is 0.211. The van der Waals surface area contributed by atoms with E-state index in [1.165, 1.54) is 11.1 Å². The molecular formula is C33H28N4. The molecule has 180 valence electrons. The Morgan fingerprint density at radius 2 is 1.24 bits per heavy atom. The maximum atomic E-state index is 5.82. The van der Waals surface area contributed by atoms with E-state index < -0.39 is 0 Å². The normalized spacial score (nSPS) is 13.8. The van der Waals surface area contributed by atoms with Crippen molar-refractivity contribution in [1.29, 1.82) is 0 Å². The third-order valence-electron chi connectivity index (χ3n) is 7.04. The van der Waals surface area contributed by atoms with Crippen molar-refractivity contribution in [2.24, 2.45) is 10.7 Å². The Morgan fingerprint density at radius 1 is 0.649 bits per heavy atom. The van der Waals surface area contributed by atoms with Crippen molar-refractivity contribution in [3.05, 3.63) is 114 Å². The van der Waals surface area contributed by atoms with Crippen LogP contribution in [-0.2, 0) is 5.41 Å². The highest BCUT2D eigenvalue weighted by atomic mass is 15.0. The van der Waals surface area contributed by atoms with Crippen LogP contribution in [0.3, 0.4) is 0 Å². The molecule has 4 nitrogen and oxygen atoms in total. The SMILES string of the molecule is CC(N)=Nc1ccc2c(n1)C(C)(C)c1cc(-c3cc(-c4ccccc4)nc(-c4ccccc4)c3)ccc1-2. The van der Waals surface area contributed by atoms with Gasteiger partial charge in [0.05, 0.1) is 22.9 Å². The van der Waals surface area contributed by atoms with Crippen molar-refractivity contribution >= 4 is 11.7 Å². The van der Waals surface area contributed by atoms with Crippen molar-refractivity contribution in [2.45, 2.75) is 26.2 Å². The third-order valence-corrected chi connectivity index (χ3v) is 7.04. The fraction of sp³-hybridized carbons (Fsp3) is 0.121. The molecule has 0 radical (unpaired) electrons. The van der Waals surface area contributed by atoms with Crippen LogP contribution in [0, 0.1) is 0 Å². The molecule has 1 aliphatic carbocycles. The van der Waals surface area contributed by atoms with Crippen LogP contribution in [0.15, 0.2) is 108 Å². The molecule has 0 atom stereocenters. The van der Waals surface area contributed by atoms with Gasteiger partial charge in [0.1, 0.15) is 0 Å². The fourth-order valence-electron chi connectivity index (χ4n) is 5.20. The van der Waals surface area contributed by atoms with E-state index in [-0.39, 0.29) is 5.41 Å². The molecule has 0 fully saturated rings. The summed E-state index contributed by atoms with van der Waals surface area (Å²) in [5.74, 6) is 1.15. The number of nitrogens with zero attached hydrogens (tertiary/aromatic N) is 3. The lowest BCUT2D eigenvalue weighted by molar-refractivity contribution is 0.637. The first-order valence-electron chi connectivity index (χ1n) is 12.5. The Kier molecular flexibility index (Phi) is 5.45. The molecule has 1 aliphatic rings. The molecule has 5 aromatic rings. The predicted octanol–water partition coefficient (Wildman–Crippen LogP) is 7.79. The van der Waals surface area contributed by atoms with E-state index in [9.17, 15) is 0 Å². The second-order valence-electron chi connectivity index (χ2n) is 10.1. The molecule has 37 heavy (non-hydrogen) atoms. The lowest BCUT2D eigenvalue weighted by atomic mass is 9.84. The molecule has 0 spiro atoms. The number of aromatic nitrogens is 2. The Bertz CT molecular complexity index is 1590. The van der Waals surface area contributed by atoms with Gasteiger partial charge in [-0.3, -0.25) is 0 Å². The standard InChI is InChI=1S/C33H28N4/c1-21(34)35-31-17-16-27-26-15-14-24(18-28(26)33(2,3)32(27)37-31)25-19-29(22-10-6-4-7-11-22)36-30(20-25)23-12-8-5-9-13-23/h4-20H,1-3H3,(H2,34,35,37). The largest absolute Gasteiger partial charge is 0.387 e. The van der Waals surface area contributed by atoms with E-state index in [0.29, 0.717) is 11.7 Å². The van der Waals surface area contributed by atoms with Gasteiger partial charge in [0, 0.05) is 22.1 Å². The van der Waals surface area contributed by atoms with Gasteiger partial charge in [0.25, 0.3) is 0 Å². The minimum absolute atomic E-state index is 0.258. The first-order valence-corrected chi connectivity index (χ1v) is 12.5. The van der Waals surface area contributed by atoms with Gasteiger partial charge in [-0.2, -0.15) is 0 Å². The molecular weight excluding hydrogens is 452 g/mol. The Morgan fingerprint density at radius 3 is 1.84 bits per heavy atom. The third kappa shape index (κ3) is 4.11. The van der Waals surface area contributed by atoms with Gasteiger partial charge in [-0.05, 0) is 59.5 Å². The second kappa shape index (κ2) is 8.82. The number of benzene rings is 3. The molecule has 0 saturated heterocycles. The molecule has 4 heteroatoms. The van der Waals surface area contributed by atoms with Crippen LogP contribution in [-0.4, -0.2) is 15.8 Å². The zero-order valence-electron chi connectivity index (χ0n) is 21.2. The predicted molar refractivity (Wildman–Crippen MR) is 153 cm³/mol. The highest BCUT2D eigenvalue weighted by molar-refractivity contribution is 5.85. The summed E-state index contributed by atoms with van der Waals surface area (Å²) >= 11 is 0. The van der Waals surface area contributed by atoms with E-state index in [4.69, 9.17) is 15.7 Å². The maximum absolute atomic E-state index is 5.82. The highest BCUT2D eigenvalue weighted by Crippen LogP contribution is 2.49. The molecule has 0 saturated carbocycles. The molecule has 0 aliphatic heterocycles. The lowest BCUT2D eigenvalue weighted by Crippen LogP contribution is -2.17. The molecule has 2 aromatic heterocycles. The van der Waals surface area contributed by atoms with Crippen LogP contribution in [0.4, 0.5) is 5.82 Å².